The summed E-state index contributed by atoms with van der Waals surface area (Å²) in [6.45, 7) is 9.97. The highest BCUT2D eigenvalue weighted by atomic mass is 19.1. The molecule has 1 amide bonds. The van der Waals surface area contributed by atoms with Crippen molar-refractivity contribution in [1.29, 1.82) is 0 Å². The van der Waals surface area contributed by atoms with Crippen LogP contribution in [0.5, 0.6) is 5.75 Å². The normalized spacial score (nSPS) is 13.4. The predicted octanol–water partition coefficient (Wildman–Crippen LogP) is 5.38. The average molecular weight is 612 g/mol. The van der Waals surface area contributed by atoms with Crippen LogP contribution in [0, 0.1) is 5.82 Å². The van der Waals surface area contributed by atoms with Gasteiger partial charge in [-0.3, -0.25) is 9.78 Å². The van der Waals surface area contributed by atoms with Crippen LogP contribution in [0.25, 0.3) is 11.3 Å². The van der Waals surface area contributed by atoms with Crippen molar-refractivity contribution in [2.45, 2.75) is 19.3 Å². The van der Waals surface area contributed by atoms with Crippen LogP contribution in [0.3, 0.4) is 0 Å². The van der Waals surface area contributed by atoms with Gasteiger partial charge in [0.15, 0.2) is 0 Å². The summed E-state index contributed by atoms with van der Waals surface area (Å²) in [7, 11) is 7.56. The zero-order chi connectivity index (χ0) is 32.3. The number of benzene rings is 2. The van der Waals surface area contributed by atoms with E-state index >= 15 is 0 Å². The van der Waals surface area contributed by atoms with E-state index < -0.39 is 0 Å². The van der Waals surface area contributed by atoms with Crippen LogP contribution in [0.4, 0.5) is 39.0 Å². The number of fused-ring (bicyclic) bond motifs is 1. The minimum atomic E-state index is -0.331. The van der Waals surface area contributed by atoms with Gasteiger partial charge in [-0.15, -0.1) is 0 Å². The molecular formula is C33H38FN9O2. The Labute approximate surface area is 262 Å². The zero-order valence-electron chi connectivity index (χ0n) is 26.4. The minimum Gasteiger partial charge on any atom is -0.494 e. The van der Waals surface area contributed by atoms with E-state index in [0.717, 1.165) is 41.4 Å². The van der Waals surface area contributed by atoms with Gasteiger partial charge >= 0.3 is 0 Å². The molecule has 2 N–H and O–H groups in total. The lowest BCUT2D eigenvalue weighted by Crippen LogP contribution is -2.29. The predicted molar refractivity (Wildman–Crippen MR) is 176 cm³/mol. The van der Waals surface area contributed by atoms with Gasteiger partial charge in [0.05, 0.1) is 41.2 Å². The lowest BCUT2D eigenvalue weighted by molar-refractivity contribution is -0.111. The van der Waals surface area contributed by atoms with Gasteiger partial charge in [0.1, 0.15) is 17.9 Å². The standard InChI is InChI=1S/C33H38FN9O2/c1-8-29(44)37-24-17-25(28(45-7)18-27(24)42(6)16-15-41(4)5)39-31-35-20-36-32(40-31)43-19-33(2,3)30-26(43)14-13-23(38-30)21-9-11-22(34)12-10-21/h8-14,17-18,20H,1,15-16,19H2,2-7H3,(H,37,44)(H,35,36,39,40). The van der Waals surface area contributed by atoms with Crippen molar-refractivity contribution >= 4 is 40.6 Å². The van der Waals surface area contributed by atoms with E-state index in [0.29, 0.717) is 35.6 Å². The summed E-state index contributed by atoms with van der Waals surface area (Å²) in [6, 6.07) is 13.9. The number of ether oxygens (including phenoxy) is 1. The van der Waals surface area contributed by atoms with Crippen molar-refractivity contribution in [3.8, 4) is 17.0 Å². The summed E-state index contributed by atoms with van der Waals surface area (Å²) >= 11 is 0. The SMILES string of the molecule is C=CC(=O)Nc1cc(Nc2ncnc(N3CC(C)(C)c4nc(-c5ccc(F)cc5)ccc43)n2)c(OC)cc1N(C)CCN(C)C. The molecule has 1 aliphatic rings. The third kappa shape index (κ3) is 6.86. The van der Waals surface area contributed by atoms with Crippen molar-refractivity contribution in [3.63, 3.8) is 0 Å². The molecule has 12 heteroatoms. The number of amides is 1. The molecule has 4 aromatic rings. The molecule has 3 heterocycles. The molecule has 2 aromatic heterocycles. The minimum absolute atomic E-state index is 0.288. The van der Waals surface area contributed by atoms with E-state index in [1.807, 2.05) is 49.1 Å². The number of aromatic nitrogens is 4. The Morgan fingerprint density at radius 2 is 1.82 bits per heavy atom. The van der Waals surface area contributed by atoms with Gasteiger partial charge in [0.25, 0.3) is 0 Å². The lowest BCUT2D eigenvalue weighted by atomic mass is 9.91. The number of hydrogen-bond donors (Lipinski definition) is 2. The molecular weight excluding hydrogens is 573 g/mol. The highest BCUT2D eigenvalue weighted by Crippen LogP contribution is 2.43. The lowest BCUT2D eigenvalue weighted by Gasteiger charge is -2.26. The number of carbonyl (C=O) groups excluding carboxylic acids is 1. The molecule has 0 fully saturated rings. The van der Waals surface area contributed by atoms with Crippen LogP contribution < -0.4 is 25.2 Å². The topological polar surface area (TPSA) is 112 Å². The second kappa shape index (κ2) is 12.9. The highest BCUT2D eigenvalue weighted by molar-refractivity contribution is 6.02. The fourth-order valence-corrected chi connectivity index (χ4v) is 5.19. The quantitative estimate of drug-likeness (QED) is 0.215. The Kier molecular flexibility index (Phi) is 8.96. The monoisotopic (exact) mass is 611 g/mol. The smallest absolute Gasteiger partial charge is 0.247 e. The fourth-order valence-electron chi connectivity index (χ4n) is 5.19. The molecule has 5 rings (SSSR count). The molecule has 0 aliphatic carbocycles. The first-order valence-corrected chi connectivity index (χ1v) is 14.5. The van der Waals surface area contributed by atoms with Crippen LogP contribution in [0.1, 0.15) is 19.5 Å². The third-order valence-corrected chi connectivity index (χ3v) is 7.60. The molecule has 0 atom stereocenters. The summed E-state index contributed by atoms with van der Waals surface area (Å²) < 4.78 is 19.2. The number of nitrogens with zero attached hydrogens (tertiary/aromatic N) is 7. The van der Waals surface area contributed by atoms with E-state index in [4.69, 9.17) is 14.7 Å². The number of halogens is 1. The van der Waals surface area contributed by atoms with Gasteiger partial charge in [0, 0.05) is 43.7 Å². The molecule has 45 heavy (non-hydrogen) atoms. The van der Waals surface area contributed by atoms with Gasteiger partial charge in [0.2, 0.25) is 17.8 Å². The second-order valence-electron chi connectivity index (χ2n) is 11.8. The van der Waals surface area contributed by atoms with Gasteiger partial charge in [-0.25, -0.2) is 14.4 Å². The molecule has 0 unspecified atom stereocenters. The first-order chi connectivity index (χ1) is 21.5. The maximum Gasteiger partial charge on any atom is 0.247 e. The average Bonchev–Trinajstić information content (AvgIpc) is 3.30. The third-order valence-electron chi connectivity index (χ3n) is 7.60. The summed E-state index contributed by atoms with van der Waals surface area (Å²) in [5.41, 5.74) is 5.02. The van der Waals surface area contributed by atoms with E-state index in [2.05, 4.69) is 45.9 Å². The van der Waals surface area contributed by atoms with Gasteiger partial charge in [-0.1, -0.05) is 20.4 Å². The number of carbonyl (C=O) groups is 1. The van der Waals surface area contributed by atoms with E-state index in [1.165, 1.54) is 24.5 Å². The Bertz CT molecular complexity index is 1710. The second-order valence-corrected chi connectivity index (χ2v) is 11.8. The number of likely N-dealkylation sites (N-methyl/N-ethyl adjacent to an activating group) is 2. The first kappa shape index (κ1) is 31.3. The first-order valence-electron chi connectivity index (χ1n) is 14.5. The Balaban J connectivity index is 1.46. The van der Waals surface area contributed by atoms with Gasteiger partial charge in [-0.05, 0) is 62.6 Å². The number of anilines is 6. The number of hydrogen-bond acceptors (Lipinski definition) is 10. The van der Waals surface area contributed by atoms with Crippen molar-refractivity contribution in [3.05, 3.63) is 79.0 Å². The molecule has 234 valence electrons. The zero-order valence-corrected chi connectivity index (χ0v) is 26.4. The van der Waals surface area contributed by atoms with E-state index in [-0.39, 0.29) is 17.1 Å². The maximum absolute atomic E-state index is 13.5. The van der Waals surface area contributed by atoms with Crippen LogP contribution in [-0.4, -0.2) is 78.6 Å². The number of pyridine rings is 1. The summed E-state index contributed by atoms with van der Waals surface area (Å²) in [5.74, 6) is 0.682. The van der Waals surface area contributed by atoms with Crippen LogP contribution in [0.15, 0.2) is 67.5 Å². The fraction of sp³-hybridized carbons (Fsp3) is 0.303. The molecule has 0 saturated heterocycles. The molecule has 0 saturated carbocycles. The van der Waals surface area contributed by atoms with Gasteiger partial charge < -0.3 is 30.1 Å². The summed E-state index contributed by atoms with van der Waals surface area (Å²) in [4.78, 5) is 37.0. The Morgan fingerprint density at radius 3 is 2.51 bits per heavy atom. The van der Waals surface area contributed by atoms with Crippen molar-refractivity contribution < 1.29 is 13.9 Å². The number of methoxy groups -OCH3 is 1. The number of nitrogens with one attached hydrogen (secondary N) is 2. The summed E-state index contributed by atoms with van der Waals surface area (Å²) in [5, 5.41) is 6.16. The molecule has 0 radical (unpaired) electrons. The molecule has 0 spiro atoms. The summed E-state index contributed by atoms with van der Waals surface area (Å²) in [6.07, 6.45) is 2.68. The molecule has 2 aromatic carbocycles. The van der Waals surface area contributed by atoms with Crippen LogP contribution >= 0.6 is 0 Å². The molecule has 1 aliphatic heterocycles. The maximum atomic E-state index is 13.5. The Hall–Kier alpha value is -5.10. The van der Waals surface area contributed by atoms with E-state index in [1.54, 1.807) is 25.3 Å². The highest BCUT2D eigenvalue weighted by Gasteiger charge is 2.39. The van der Waals surface area contributed by atoms with E-state index in [9.17, 15) is 9.18 Å². The molecule has 0 bridgehead atoms. The van der Waals surface area contributed by atoms with Crippen LogP contribution in [0.2, 0.25) is 0 Å². The largest absolute Gasteiger partial charge is 0.494 e. The molecule has 11 nitrogen and oxygen atoms in total. The van der Waals surface area contributed by atoms with Crippen molar-refractivity contribution in [2.24, 2.45) is 0 Å². The van der Waals surface area contributed by atoms with Crippen LogP contribution in [-0.2, 0) is 10.2 Å². The van der Waals surface area contributed by atoms with Crippen molar-refractivity contribution in [1.82, 2.24) is 24.8 Å². The van der Waals surface area contributed by atoms with Gasteiger partial charge in [-0.2, -0.15) is 4.98 Å². The number of rotatable bonds is 11. The Morgan fingerprint density at radius 1 is 1.07 bits per heavy atom. The van der Waals surface area contributed by atoms with Crippen molar-refractivity contribution in [2.75, 3.05) is 68.3 Å².